The van der Waals surface area contributed by atoms with Crippen LogP contribution >= 0.6 is 0 Å². The zero-order valence-corrected chi connectivity index (χ0v) is 19.6. The van der Waals surface area contributed by atoms with Gasteiger partial charge >= 0.3 is 17.1 Å². The van der Waals surface area contributed by atoms with Gasteiger partial charge in [0.2, 0.25) is 0 Å². The molecule has 0 saturated carbocycles. The predicted molar refractivity (Wildman–Crippen MR) is 102 cm³/mol. The Balaban J connectivity index is -0.000000174. The van der Waals surface area contributed by atoms with Crippen molar-refractivity contribution < 1.29 is 61.2 Å². The van der Waals surface area contributed by atoms with Crippen molar-refractivity contribution in [2.45, 2.75) is 97.8 Å². The minimum absolute atomic E-state index is 0. The van der Waals surface area contributed by atoms with Crippen LogP contribution < -0.4 is 15.3 Å². The Morgan fingerprint density at radius 3 is 0.806 bits per heavy atom. The van der Waals surface area contributed by atoms with E-state index >= 15 is 0 Å². The number of carbonyl (C=O) groups is 6. The van der Waals surface area contributed by atoms with Crippen molar-refractivity contribution in [2.75, 3.05) is 0 Å². The molecule has 0 aromatic carbocycles. The summed E-state index contributed by atoms with van der Waals surface area (Å²) in [5.41, 5.74) is 0. The second-order valence-electron chi connectivity index (χ2n) is 6.57. The molecule has 0 aromatic rings. The third-order valence-corrected chi connectivity index (χ3v) is 3.45. The van der Waals surface area contributed by atoms with Gasteiger partial charge in [-0.15, -0.1) is 0 Å². The van der Waals surface area contributed by atoms with Crippen molar-refractivity contribution in [3.05, 3.63) is 0 Å². The van der Waals surface area contributed by atoms with Crippen molar-refractivity contribution in [1.29, 1.82) is 0 Å². The molecular weight excluding hydrogens is 452 g/mol. The van der Waals surface area contributed by atoms with E-state index in [9.17, 15) is 44.1 Å². The summed E-state index contributed by atoms with van der Waals surface area (Å²) in [6.07, 6.45) is 4.86. The van der Waals surface area contributed by atoms with E-state index in [0.29, 0.717) is 19.3 Å². The first kappa shape index (κ1) is 36.3. The summed E-state index contributed by atoms with van der Waals surface area (Å²) >= 11 is 0. The molecular formula is C21H33FeO9. The fourth-order valence-corrected chi connectivity index (χ4v) is 1.87. The van der Waals surface area contributed by atoms with E-state index in [0.717, 1.165) is 38.5 Å². The average molecular weight is 485 g/mol. The number of aliphatic carboxylic acids is 3. The second-order valence-corrected chi connectivity index (χ2v) is 6.57. The van der Waals surface area contributed by atoms with Crippen molar-refractivity contribution in [1.82, 2.24) is 0 Å². The molecule has 0 aliphatic rings. The fourth-order valence-electron chi connectivity index (χ4n) is 1.87. The number of ketones is 3. The Hall–Kier alpha value is -2.06. The molecule has 0 aromatic heterocycles. The van der Waals surface area contributed by atoms with Gasteiger partial charge in [-0.1, -0.05) is 40.0 Å². The molecule has 0 saturated heterocycles. The molecule has 0 rings (SSSR count). The molecule has 0 amide bonds. The number of hydrogen-bond donors (Lipinski definition) is 0. The molecule has 0 N–H and O–H groups in total. The largest absolute Gasteiger partial charge is 3.00 e. The number of carboxylic acid groups (broad SMARTS) is 3. The number of carboxylic acids is 3. The van der Waals surface area contributed by atoms with Gasteiger partial charge in [0.15, 0.2) is 0 Å². The van der Waals surface area contributed by atoms with Gasteiger partial charge in [0.25, 0.3) is 0 Å². The number of hydrogen-bond acceptors (Lipinski definition) is 9. The van der Waals surface area contributed by atoms with E-state index in [-0.39, 0.29) is 34.4 Å². The summed E-state index contributed by atoms with van der Waals surface area (Å²) in [5.74, 6) is -4.53. The Morgan fingerprint density at radius 2 is 0.677 bits per heavy atom. The average Bonchev–Trinajstić information content (AvgIpc) is 2.62. The third-order valence-electron chi connectivity index (χ3n) is 3.45. The van der Waals surface area contributed by atoms with Crippen molar-refractivity contribution in [2.24, 2.45) is 0 Å². The molecule has 31 heavy (non-hydrogen) atoms. The Morgan fingerprint density at radius 1 is 0.484 bits per heavy atom. The van der Waals surface area contributed by atoms with Gasteiger partial charge in [-0.25, -0.2) is 0 Å². The van der Waals surface area contributed by atoms with Crippen LogP contribution in [0.15, 0.2) is 0 Å². The van der Waals surface area contributed by atoms with Crippen LogP contribution in [0, 0.1) is 0 Å². The summed E-state index contributed by atoms with van der Waals surface area (Å²) in [4.78, 5) is 61.3. The first-order valence-corrected chi connectivity index (χ1v) is 10.1. The Kier molecular flexibility index (Phi) is 30.4. The minimum atomic E-state index is -1.28. The molecule has 0 atom stereocenters. The topological polar surface area (TPSA) is 172 Å². The number of rotatable bonds is 15. The smallest absolute Gasteiger partial charge is 0.550 e. The Labute approximate surface area is 194 Å². The summed E-state index contributed by atoms with van der Waals surface area (Å²) < 4.78 is 0. The summed E-state index contributed by atoms with van der Waals surface area (Å²) in [7, 11) is 0. The minimum Gasteiger partial charge on any atom is -0.550 e. The molecule has 10 heteroatoms. The van der Waals surface area contributed by atoms with E-state index < -0.39 is 37.2 Å². The molecule has 0 heterocycles. The van der Waals surface area contributed by atoms with Crippen molar-refractivity contribution in [3.8, 4) is 0 Å². The number of unbranched alkanes of at least 4 members (excludes halogenated alkanes) is 3. The first-order chi connectivity index (χ1) is 14.0. The Bertz CT molecular complexity index is 469. The predicted octanol–water partition coefficient (Wildman–Crippen LogP) is -0.345. The summed E-state index contributed by atoms with van der Waals surface area (Å²) in [6.45, 7) is 5.85. The summed E-state index contributed by atoms with van der Waals surface area (Å²) in [6, 6.07) is 0. The molecule has 0 fully saturated rings. The molecule has 179 valence electrons. The monoisotopic (exact) mass is 485 g/mol. The van der Waals surface area contributed by atoms with Gasteiger partial charge in [0, 0.05) is 56.4 Å². The maximum Gasteiger partial charge on any atom is 3.00 e. The standard InChI is InChI=1S/3C7H12O3.Fe/c3*1-2-3-4-6(8)5-7(9)10;/h3*2-5H2,1H3,(H,9,10);/q;;;+3/p-3. The second kappa shape index (κ2) is 26.0. The van der Waals surface area contributed by atoms with E-state index in [4.69, 9.17) is 0 Å². The van der Waals surface area contributed by atoms with E-state index in [1.54, 1.807) is 0 Å². The molecule has 1 radical (unpaired) electrons. The van der Waals surface area contributed by atoms with Gasteiger partial charge in [-0.05, 0) is 19.3 Å². The maximum absolute atomic E-state index is 10.6. The fraction of sp³-hybridized carbons (Fsp3) is 0.714. The molecule has 0 aliphatic heterocycles. The van der Waals surface area contributed by atoms with Gasteiger partial charge in [-0.2, -0.15) is 0 Å². The van der Waals surface area contributed by atoms with Gasteiger partial charge in [-0.3, -0.25) is 14.4 Å². The van der Waals surface area contributed by atoms with Gasteiger partial charge in [0.05, 0.1) is 0 Å². The van der Waals surface area contributed by atoms with Crippen LogP contribution in [0.5, 0.6) is 0 Å². The van der Waals surface area contributed by atoms with Crippen molar-refractivity contribution in [3.63, 3.8) is 0 Å². The van der Waals surface area contributed by atoms with E-state index in [2.05, 4.69) is 0 Å². The first-order valence-electron chi connectivity index (χ1n) is 10.1. The van der Waals surface area contributed by atoms with Crippen LogP contribution in [0.1, 0.15) is 97.8 Å². The van der Waals surface area contributed by atoms with Crippen LogP contribution in [0.3, 0.4) is 0 Å². The number of carbonyl (C=O) groups excluding carboxylic acids is 6. The molecule has 0 unspecified atom stereocenters. The molecule has 0 spiro atoms. The van der Waals surface area contributed by atoms with Crippen LogP contribution in [0.4, 0.5) is 0 Å². The van der Waals surface area contributed by atoms with Crippen LogP contribution in [-0.4, -0.2) is 35.3 Å². The van der Waals surface area contributed by atoms with Crippen molar-refractivity contribution >= 4 is 35.3 Å². The molecule has 0 aliphatic carbocycles. The normalized spacial score (nSPS) is 9.00. The molecule has 9 nitrogen and oxygen atoms in total. The van der Waals surface area contributed by atoms with Gasteiger partial charge in [0.1, 0.15) is 17.3 Å². The zero-order valence-electron chi connectivity index (χ0n) is 18.5. The van der Waals surface area contributed by atoms with Crippen LogP contribution in [-0.2, 0) is 45.8 Å². The zero-order chi connectivity index (χ0) is 23.9. The van der Waals surface area contributed by atoms with E-state index in [1.807, 2.05) is 20.8 Å². The SMILES string of the molecule is CCCCC(=O)CC(=O)[O-].CCCCC(=O)CC(=O)[O-].CCCCC(=O)CC(=O)[O-].[Fe+3]. The summed E-state index contributed by atoms with van der Waals surface area (Å²) in [5, 5.41) is 29.5. The van der Waals surface area contributed by atoms with E-state index in [1.165, 1.54) is 0 Å². The molecule has 0 bridgehead atoms. The third kappa shape index (κ3) is 39.1. The number of Topliss-reactive ketones (excluding diaryl/α,β-unsaturated/α-hetero) is 3. The van der Waals surface area contributed by atoms with Crippen LogP contribution in [0.25, 0.3) is 0 Å². The van der Waals surface area contributed by atoms with Gasteiger partial charge < -0.3 is 29.7 Å². The maximum atomic E-state index is 10.6. The quantitative estimate of drug-likeness (QED) is 0.222. The van der Waals surface area contributed by atoms with Crippen LogP contribution in [0.2, 0.25) is 0 Å².